The topological polar surface area (TPSA) is 65.6 Å². The van der Waals surface area contributed by atoms with Gasteiger partial charge in [0.1, 0.15) is 12.3 Å². The molecule has 0 unspecified atom stereocenters. The van der Waals surface area contributed by atoms with Gasteiger partial charge in [-0.05, 0) is 38.5 Å². The number of aromatic amines is 1. The number of nitrogens with one attached hydrogen (secondary N) is 1. The predicted molar refractivity (Wildman–Crippen MR) is 119 cm³/mol. The summed E-state index contributed by atoms with van der Waals surface area (Å²) < 4.78 is 5.67. The largest absolute Gasteiger partial charge is 0.496 e. The highest BCUT2D eigenvalue weighted by atomic mass is 16.5. The molecular weight excluding hydrogens is 390 g/mol. The van der Waals surface area contributed by atoms with E-state index in [0.29, 0.717) is 6.54 Å². The summed E-state index contributed by atoms with van der Waals surface area (Å²) in [5.41, 5.74) is 2.80. The number of aromatic nitrogens is 1. The van der Waals surface area contributed by atoms with Crippen LogP contribution in [0.4, 0.5) is 0 Å². The summed E-state index contributed by atoms with van der Waals surface area (Å²) in [7, 11) is 1.66. The molecule has 2 atom stereocenters. The average Bonchev–Trinajstić information content (AvgIpc) is 3.17. The number of para-hydroxylation sites is 2. The summed E-state index contributed by atoms with van der Waals surface area (Å²) in [6.45, 7) is 6.34. The van der Waals surface area contributed by atoms with Crippen molar-refractivity contribution in [2.75, 3.05) is 20.2 Å². The molecule has 6 heteroatoms. The van der Waals surface area contributed by atoms with Gasteiger partial charge in [0.2, 0.25) is 5.91 Å². The molecule has 0 spiro atoms. The molecule has 160 valence electrons. The van der Waals surface area contributed by atoms with E-state index in [9.17, 15) is 9.59 Å². The molecule has 2 aliphatic rings. The number of carbonyl (C=O) groups is 2. The van der Waals surface area contributed by atoms with Crippen molar-refractivity contribution in [1.29, 1.82) is 0 Å². The van der Waals surface area contributed by atoms with E-state index in [4.69, 9.17) is 4.74 Å². The van der Waals surface area contributed by atoms with Crippen LogP contribution >= 0.6 is 0 Å². The minimum absolute atomic E-state index is 0.0278. The van der Waals surface area contributed by atoms with E-state index in [1.807, 2.05) is 63.2 Å². The third kappa shape index (κ3) is 2.63. The number of carbonyl (C=O) groups excluding carboxylic acids is 2. The van der Waals surface area contributed by atoms with Crippen LogP contribution in [0.1, 0.15) is 43.5 Å². The number of ether oxygens (including phenoxy) is 1. The van der Waals surface area contributed by atoms with Crippen molar-refractivity contribution in [3.05, 3.63) is 65.4 Å². The smallest absolute Gasteiger partial charge is 0.255 e. The van der Waals surface area contributed by atoms with Gasteiger partial charge in [-0.2, -0.15) is 0 Å². The van der Waals surface area contributed by atoms with Gasteiger partial charge < -0.3 is 19.5 Å². The van der Waals surface area contributed by atoms with E-state index < -0.39 is 5.54 Å². The number of methoxy groups -OCH3 is 1. The zero-order chi connectivity index (χ0) is 21.9. The molecule has 1 N–H and O–H groups in total. The second kappa shape index (κ2) is 6.87. The lowest BCUT2D eigenvalue weighted by molar-refractivity contribution is -0.168. The summed E-state index contributed by atoms with van der Waals surface area (Å²) in [5, 5.41) is 1.08. The van der Waals surface area contributed by atoms with E-state index in [-0.39, 0.29) is 30.3 Å². The zero-order valence-electron chi connectivity index (χ0n) is 18.3. The number of nitrogens with zero attached hydrogens (tertiary/aromatic N) is 2. The van der Waals surface area contributed by atoms with Gasteiger partial charge in [0.05, 0.1) is 12.8 Å². The molecule has 0 aliphatic carbocycles. The molecule has 6 nitrogen and oxygen atoms in total. The maximum absolute atomic E-state index is 13.8. The molecular formula is C25H27N3O3. The van der Waals surface area contributed by atoms with Crippen molar-refractivity contribution >= 4 is 22.7 Å². The van der Waals surface area contributed by atoms with Crippen molar-refractivity contribution in [1.82, 2.24) is 14.8 Å². The Balaban J connectivity index is 1.80. The highest BCUT2D eigenvalue weighted by Gasteiger charge is 2.56. The van der Waals surface area contributed by atoms with Gasteiger partial charge in [0, 0.05) is 35.0 Å². The van der Waals surface area contributed by atoms with Crippen LogP contribution in [0.3, 0.4) is 0 Å². The number of piperazine rings is 1. The molecule has 5 rings (SSSR count). The highest BCUT2D eigenvalue weighted by Crippen LogP contribution is 2.49. The average molecular weight is 418 g/mol. The molecule has 2 aromatic carbocycles. The van der Waals surface area contributed by atoms with Crippen LogP contribution in [0, 0.1) is 0 Å². The Morgan fingerprint density at radius 2 is 1.81 bits per heavy atom. The van der Waals surface area contributed by atoms with Gasteiger partial charge >= 0.3 is 0 Å². The Bertz CT molecular complexity index is 1200. The zero-order valence-corrected chi connectivity index (χ0v) is 18.3. The summed E-state index contributed by atoms with van der Waals surface area (Å²) in [6.07, 6.45) is 0. The number of fused-ring (bicyclic) bond motifs is 5. The molecule has 1 saturated heterocycles. The number of rotatable bonds is 3. The van der Waals surface area contributed by atoms with Gasteiger partial charge in [-0.1, -0.05) is 36.4 Å². The van der Waals surface area contributed by atoms with E-state index in [1.54, 1.807) is 16.9 Å². The molecule has 31 heavy (non-hydrogen) atoms. The fraction of sp³-hybridized carbons (Fsp3) is 0.360. The van der Waals surface area contributed by atoms with Gasteiger partial charge in [0.15, 0.2) is 5.54 Å². The molecule has 2 aliphatic heterocycles. The van der Waals surface area contributed by atoms with Crippen molar-refractivity contribution in [2.24, 2.45) is 0 Å². The normalized spacial score (nSPS) is 23.3. The van der Waals surface area contributed by atoms with Gasteiger partial charge in [-0.25, -0.2) is 0 Å². The minimum Gasteiger partial charge on any atom is -0.496 e. The SMILES string of the molecule is COc1ccccc1[C@@H]1CN2C(=O)CN(C(C)C)C(=O)[C@@]2(C)c2[nH]c3ccccc3c21. The standard InChI is InChI=1S/C25H27N3O3/c1-15(2)27-14-21(29)28-13-18(16-9-6-8-12-20(16)31-4)22-17-10-5-7-11-19(17)26-23(22)25(28,3)24(27)30/h5-12,15,18,26H,13-14H2,1-4H3/t18-,25+/m0/s1. The Morgan fingerprint density at radius 1 is 1.10 bits per heavy atom. The van der Waals surface area contributed by atoms with E-state index >= 15 is 0 Å². The first-order valence-electron chi connectivity index (χ1n) is 10.7. The predicted octanol–water partition coefficient (Wildman–Crippen LogP) is 3.62. The van der Waals surface area contributed by atoms with Crippen molar-refractivity contribution in [2.45, 2.75) is 38.3 Å². The second-order valence-corrected chi connectivity index (χ2v) is 8.86. The van der Waals surface area contributed by atoms with Gasteiger partial charge in [0.25, 0.3) is 5.91 Å². The van der Waals surface area contributed by atoms with E-state index in [2.05, 4.69) is 11.1 Å². The van der Waals surface area contributed by atoms with Gasteiger partial charge in [-0.3, -0.25) is 9.59 Å². The quantitative estimate of drug-likeness (QED) is 0.708. The van der Waals surface area contributed by atoms with E-state index in [0.717, 1.165) is 33.5 Å². The summed E-state index contributed by atoms with van der Waals surface area (Å²) >= 11 is 0. The van der Waals surface area contributed by atoms with Crippen molar-refractivity contribution in [3.63, 3.8) is 0 Å². The number of hydrogen-bond acceptors (Lipinski definition) is 3. The summed E-state index contributed by atoms with van der Waals surface area (Å²) in [6, 6.07) is 16.0. The number of benzene rings is 2. The first-order valence-corrected chi connectivity index (χ1v) is 10.7. The second-order valence-electron chi connectivity index (χ2n) is 8.86. The molecule has 1 aromatic heterocycles. The fourth-order valence-electron chi connectivity index (χ4n) is 5.28. The molecule has 3 aromatic rings. The van der Waals surface area contributed by atoms with E-state index in [1.165, 1.54) is 0 Å². The van der Waals surface area contributed by atoms with Crippen LogP contribution in [0.2, 0.25) is 0 Å². The lowest BCUT2D eigenvalue weighted by Gasteiger charge is -2.52. The lowest BCUT2D eigenvalue weighted by atomic mass is 9.76. The van der Waals surface area contributed by atoms with Crippen LogP contribution in [-0.4, -0.2) is 52.8 Å². The molecule has 0 saturated carbocycles. The lowest BCUT2D eigenvalue weighted by Crippen LogP contribution is -2.68. The number of H-pyrrole nitrogens is 1. The maximum Gasteiger partial charge on any atom is 0.255 e. The van der Waals surface area contributed by atoms with Crippen LogP contribution in [0.5, 0.6) is 5.75 Å². The van der Waals surface area contributed by atoms with Crippen LogP contribution in [0.25, 0.3) is 10.9 Å². The maximum atomic E-state index is 13.8. The first-order chi connectivity index (χ1) is 14.9. The van der Waals surface area contributed by atoms with Crippen molar-refractivity contribution in [3.8, 4) is 5.75 Å². The van der Waals surface area contributed by atoms with Crippen LogP contribution in [0.15, 0.2) is 48.5 Å². The monoisotopic (exact) mass is 417 g/mol. The highest BCUT2D eigenvalue weighted by molar-refractivity contribution is 6.01. The summed E-state index contributed by atoms with van der Waals surface area (Å²) in [5.74, 6) is 0.623. The Kier molecular flexibility index (Phi) is 4.36. The Hall–Kier alpha value is -3.28. The fourth-order valence-corrected chi connectivity index (χ4v) is 5.28. The van der Waals surface area contributed by atoms with Gasteiger partial charge in [-0.15, -0.1) is 0 Å². The third-order valence-corrected chi connectivity index (χ3v) is 6.91. The Morgan fingerprint density at radius 3 is 2.55 bits per heavy atom. The molecule has 0 radical (unpaired) electrons. The molecule has 2 amide bonds. The molecule has 3 heterocycles. The molecule has 0 bridgehead atoms. The number of hydrogen-bond donors (Lipinski definition) is 1. The van der Waals surface area contributed by atoms with Crippen LogP contribution in [-0.2, 0) is 15.1 Å². The molecule has 1 fully saturated rings. The van der Waals surface area contributed by atoms with Crippen molar-refractivity contribution < 1.29 is 14.3 Å². The minimum atomic E-state index is -1.06. The third-order valence-electron chi connectivity index (χ3n) is 6.91. The number of amides is 2. The summed E-state index contributed by atoms with van der Waals surface area (Å²) in [4.78, 5) is 34.1. The Labute approximate surface area is 181 Å². The first kappa shape index (κ1) is 19.7. The van der Waals surface area contributed by atoms with Crippen LogP contribution < -0.4 is 4.74 Å².